The number of halogens is 1. The highest BCUT2D eigenvalue weighted by atomic mass is 79.9. The molecule has 0 spiro atoms. The van der Waals surface area contributed by atoms with E-state index in [1.807, 2.05) is 6.07 Å². The first-order chi connectivity index (χ1) is 9.10. The lowest BCUT2D eigenvalue weighted by Crippen LogP contribution is -2.38. The zero-order valence-corrected chi connectivity index (χ0v) is 13.1. The summed E-state index contributed by atoms with van der Waals surface area (Å²) in [5.74, 6) is 0.604. The van der Waals surface area contributed by atoms with Crippen molar-refractivity contribution < 1.29 is 0 Å². The van der Waals surface area contributed by atoms with Crippen molar-refractivity contribution in [3.8, 4) is 6.07 Å². The predicted octanol–water partition coefficient (Wildman–Crippen LogP) is 3.12. The van der Waals surface area contributed by atoms with E-state index in [0.717, 1.165) is 24.1 Å². The molecule has 4 heteroatoms. The van der Waals surface area contributed by atoms with Crippen LogP contribution in [-0.2, 0) is 0 Å². The van der Waals surface area contributed by atoms with Gasteiger partial charge in [0, 0.05) is 35.8 Å². The van der Waals surface area contributed by atoms with E-state index in [9.17, 15) is 0 Å². The molecule has 0 N–H and O–H groups in total. The third-order valence-corrected chi connectivity index (χ3v) is 4.18. The van der Waals surface area contributed by atoms with E-state index in [-0.39, 0.29) is 0 Å². The van der Waals surface area contributed by atoms with E-state index in [4.69, 9.17) is 5.26 Å². The molecule has 19 heavy (non-hydrogen) atoms. The van der Waals surface area contributed by atoms with Crippen LogP contribution in [0, 0.1) is 17.2 Å². The van der Waals surface area contributed by atoms with Gasteiger partial charge in [-0.25, -0.2) is 0 Å². The Kier molecular flexibility index (Phi) is 4.84. The average molecular weight is 322 g/mol. The molecule has 0 aliphatic carbocycles. The number of benzene rings is 1. The fraction of sp³-hybridized carbons (Fsp3) is 0.533. The second-order valence-electron chi connectivity index (χ2n) is 5.45. The molecule has 0 saturated carbocycles. The topological polar surface area (TPSA) is 30.3 Å². The number of nitrogens with zero attached hydrogens (tertiary/aromatic N) is 3. The minimum absolute atomic E-state index is 0.314. The Morgan fingerprint density at radius 2 is 2.16 bits per heavy atom. The van der Waals surface area contributed by atoms with Crippen molar-refractivity contribution in [2.75, 3.05) is 31.6 Å². The number of anilines is 1. The zero-order valence-electron chi connectivity index (χ0n) is 11.5. The van der Waals surface area contributed by atoms with Crippen LogP contribution in [0.1, 0.15) is 13.3 Å². The number of rotatable bonds is 2. The first-order valence-electron chi connectivity index (χ1n) is 6.68. The molecule has 0 radical (unpaired) electrons. The molecule has 2 atom stereocenters. The van der Waals surface area contributed by atoms with E-state index in [1.54, 1.807) is 0 Å². The van der Waals surface area contributed by atoms with E-state index >= 15 is 0 Å². The number of likely N-dealkylation sites (N-methyl/N-ethyl adjacent to an activating group) is 1. The Labute approximate surface area is 123 Å². The third kappa shape index (κ3) is 3.71. The molecule has 2 unspecified atom stereocenters. The molecule has 1 heterocycles. The van der Waals surface area contributed by atoms with E-state index in [0.29, 0.717) is 18.4 Å². The van der Waals surface area contributed by atoms with Gasteiger partial charge in [0.25, 0.3) is 0 Å². The lowest BCUT2D eigenvalue weighted by atomic mass is 10.1. The van der Waals surface area contributed by atoms with Gasteiger partial charge in [-0.05, 0) is 31.2 Å². The highest BCUT2D eigenvalue weighted by Gasteiger charge is 2.25. The van der Waals surface area contributed by atoms with Crippen molar-refractivity contribution in [1.29, 1.82) is 5.26 Å². The molecule has 1 saturated heterocycles. The van der Waals surface area contributed by atoms with Crippen molar-refractivity contribution in [3.63, 3.8) is 0 Å². The van der Waals surface area contributed by atoms with Gasteiger partial charge < -0.3 is 9.80 Å². The molecule has 1 aliphatic heterocycles. The molecular formula is C15H20BrN3. The minimum atomic E-state index is 0.314. The average Bonchev–Trinajstić information content (AvgIpc) is 2.49. The number of hydrogen-bond donors (Lipinski definition) is 0. The van der Waals surface area contributed by atoms with Crippen LogP contribution in [0.25, 0.3) is 0 Å². The SMILES string of the molecule is CC1CN(c2cccc(Br)c2)CC(CC#N)N(C)C1. The summed E-state index contributed by atoms with van der Waals surface area (Å²) >= 11 is 3.53. The van der Waals surface area contributed by atoms with Gasteiger partial charge in [0.15, 0.2) is 0 Å². The highest BCUT2D eigenvalue weighted by Crippen LogP contribution is 2.24. The summed E-state index contributed by atoms with van der Waals surface area (Å²) in [4.78, 5) is 4.73. The van der Waals surface area contributed by atoms with Crippen molar-refractivity contribution in [3.05, 3.63) is 28.7 Å². The van der Waals surface area contributed by atoms with Crippen molar-refractivity contribution in [2.24, 2.45) is 5.92 Å². The quantitative estimate of drug-likeness (QED) is 0.838. The maximum absolute atomic E-state index is 8.99. The maximum atomic E-state index is 8.99. The molecule has 102 valence electrons. The Morgan fingerprint density at radius 1 is 1.37 bits per heavy atom. The molecule has 1 fully saturated rings. The van der Waals surface area contributed by atoms with Crippen LogP contribution < -0.4 is 4.90 Å². The normalized spacial score (nSPS) is 24.8. The number of nitriles is 1. The van der Waals surface area contributed by atoms with Crippen molar-refractivity contribution >= 4 is 21.6 Å². The van der Waals surface area contributed by atoms with Gasteiger partial charge in [-0.2, -0.15) is 5.26 Å². The van der Waals surface area contributed by atoms with Crippen LogP contribution in [0.3, 0.4) is 0 Å². The van der Waals surface area contributed by atoms with Gasteiger partial charge >= 0.3 is 0 Å². The van der Waals surface area contributed by atoms with Crippen LogP contribution in [0.2, 0.25) is 0 Å². The standard InChI is InChI=1S/C15H20BrN3/c1-12-9-18(2)15(6-7-17)11-19(10-12)14-5-3-4-13(16)8-14/h3-5,8,12,15H,6,9-11H2,1-2H3. The summed E-state index contributed by atoms with van der Waals surface area (Å²) in [5.41, 5.74) is 1.24. The lowest BCUT2D eigenvalue weighted by molar-refractivity contribution is 0.241. The summed E-state index contributed by atoms with van der Waals surface area (Å²) in [5, 5.41) is 8.99. The van der Waals surface area contributed by atoms with Gasteiger partial charge in [-0.1, -0.05) is 28.9 Å². The summed E-state index contributed by atoms with van der Waals surface area (Å²) in [6, 6.07) is 11.0. The summed E-state index contributed by atoms with van der Waals surface area (Å²) in [6.45, 7) is 5.29. The molecule has 1 aromatic rings. The summed E-state index contributed by atoms with van der Waals surface area (Å²) in [6.07, 6.45) is 0.591. The van der Waals surface area contributed by atoms with Gasteiger partial charge in [0.2, 0.25) is 0 Å². The zero-order chi connectivity index (χ0) is 13.8. The van der Waals surface area contributed by atoms with Crippen molar-refractivity contribution in [1.82, 2.24) is 4.90 Å². The Hall–Kier alpha value is -1.05. The van der Waals surface area contributed by atoms with Crippen LogP contribution >= 0.6 is 15.9 Å². The van der Waals surface area contributed by atoms with Gasteiger partial charge in [-0.15, -0.1) is 0 Å². The van der Waals surface area contributed by atoms with E-state index in [1.165, 1.54) is 5.69 Å². The first-order valence-corrected chi connectivity index (χ1v) is 7.47. The van der Waals surface area contributed by atoms with Crippen molar-refractivity contribution in [2.45, 2.75) is 19.4 Å². The second kappa shape index (κ2) is 6.40. The summed E-state index contributed by atoms with van der Waals surface area (Å²) < 4.78 is 1.10. The number of hydrogen-bond acceptors (Lipinski definition) is 3. The Morgan fingerprint density at radius 3 is 2.84 bits per heavy atom. The third-order valence-electron chi connectivity index (χ3n) is 3.69. The molecule has 1 aromatic carbocycles. The molecule has 2 rings (SSSR count). The van der Waals surface area contributed by atoms with E-state index in [2.05, 4.69) is 64.0 Å². The second-order valence-corrected chi connectivity index (χ2v) is 6.36. The fourth-order valence-corrected chi connectivity index (χ4v) is 3.14. The largest absolute Gasteiger partial charge is 0.370 e. The fourth-order valence-electron chi connectivity index (χ4n) is 2.75. The predicted molar refractivity (Wildman–Crippen MR) is 82.2 cm³/mol. The smallest absolute Gasteiger partial charge is 0.0638 e. The molecule has 0 bridgehead atoms. The molecule has 3 nitrogen and oxygen atoms in total. The Balaban J connectivity index is 2.21. The van der Waals surface area contributed by atoms with Gasteiger partial charge in [-0.3, -0.25) is 0 Å². The summed E-state index contributed by atoms with van der Waals surface area (Å²) in [7, 11) is 2.13. The molecule has 0 aromatic heterocycles. The van der Waals surface area contributed by atoms with Gasteiger partial charge in [0.1, 0.15) is 0 Å². The molecule has 1 aliphatic rings. The van der Waals surface area contributed by atoms with Crippen LogP contribution in [0.4, 0.5) is 5.69 Å². The minimum Gasteiger partial charge on any atom is -0.370 e. The lowest BCUT2D eigenvalue weighted by Gasteiger charge is -2.28. The highest BCUT2D eigenvalue weighted by molar-refractivity contribution is 9.10. The van der Waals surface area contributed by atoms with E-state index < -0.39 is 0 Å². The monoisotopic (exact) mass is 321 g/mol. The van der Waals surface area contributed by atoms with Gasteiger partial charge in [0.05, 0.1) is 12.5 Å². The van der Waals surface area contributed by atoms with Crippen LogP contribution in [0.15, 0.2) is 28.7 Å². The maximum Gasteiger partial charge on any atom is 0.0638 e. The van der Waals surface area contributed by atoms with Crippen LogP contribution in [0.5, 0.6) is 0 Å². The molecule has 0 amide bonds. The molecular weight excluding hydrogens is 302 g/mol. The first kappa shape index (κ1) is 14.4. The van der Waals surface area contributed by atoms with Crippen LogP contribution in [-0.4, -0.2) is 37.6 Å². The Bertz CT molecular complexity index is 469.